The fourth-order valence-corrected chi connectivity index (χ4v) is 2.99. The molecule has 8 nitrogen and oxygen atoms in total. The van der Waals surface area contributed by atoms with Crippen molar-refractivity contribution in [3.05, 3.63) is 58.4 Å². The zero-order valence-electron chi connectivity index (χ0n) is 15.0. The Bertz CT molecular complexity index is 1060. The predicted molar refractivity (Wildman–Crippen MR) is 96.9 cm³/mol. The Morgan fingerprint density at radius 3 is 2.72 bits per heavy atom. The van der Waals surface area contributed by atoms with Crippen LogP contribution in [0.4, 0.5) is 30.4 Å². The molecule has 0 spiro atoms. The van der Waals surface area contributed by atoms with Crippen molar-refractivity contribution in [2.75, 3.05) is 5.32 Å². The standard InChI is InChI=1S/C18H14F3N5O3/c1-10-8-25-9-15(24-17(25)29-10)13-6-12(26(27)28)3-4-14(13)23-16-5-2-11(7-22-16)18(19,20)21/h2-7,9-10H,8H2,1H3,(H,22,23)/t10-/m1/s1. The molecule has 1 aliphatic heterocycles. The number of hydrogen-bond donors (Lipinski definition) is 1. The molecule has 2 aromatic heterocycles. The van der Waals surface area contributed by atoms with E-state index in [0.717, 1.165) is 6.07 Å². The van der Waals surface area contributed by atoms with Crippen LogP contribution in [0.3, 0.4) is 0 Å². The van der Waals surface area contributed by atoms with E-state index in [4.69, 9.17) is 4.74 Å². The van der Waals surface area contributed by atoms with E-state index in [9.17, 15) is 23.3 Å². The van der Waals surface area contributed by atoms with Crippen LogP contribution in [-0.4, -0.2) is 25.6 Å². The van der Waals surface area contributed by atoms with Crippen LogP contribution in [0.15, 0.2) is 42.7 Å². The maximum absolute atomic E-state index is 12.7. The van der Waals surface area contributed by atoms with Gasteiger partial charge in [-0.25, -0.2) is 4.98 Å². The van der Waals surface area contributed by atoms with Crippen LogP contribution in [0.2, 0.25) is 0 Å². The van der Waals surface area contributed by atoms with Gasteiger partial charge in [0.05, 0.1) is 22.7 Å². The number of halogens is 3. The Hall–Kier alpha value is -3.63. The Morgan fingerprint density at radius 1 is 1.31 bits per heavy atom. The van der Waals surface area contributed by atoms with Gasteiger partial charge >= 0.3 is 6.18 Å². The lowest BCUT2D eigenvalue weighted by Crippen LogP contribution is -2.08. The average molecular weight is 405 g/mol. The van der Waals surface area contributed by atoms with Gasteiger partial charge in [0.2, 0.25) is 0 Å². The molecule has 150 valence electrons. The molecule has 0 fully saturated rings. The number of nitro groups is 1. The monoisotopic (exact) mass is 405 g/mol. The molecule has 1 aliphatic rings. The second kappa shape index (κ2) is 6.76. The van der Waals surface area contributed by atoms with E-state index in [1.807, 2.05) is 6.92 Å². The Kier molecular flexibility index (Phi) is 4.36. The van der Waals surface area contributed by atoms with E-state index in [2.05, 4.69) is 15.3 Å². The first-order chi connectivity index (χ1) is 13.7. The molecule has 0 amide bonds. The number of benzene rings is 1. The highest BCUT2D eigenvalue weighted by Crippen LogP contribution is 2.36. The van der Waals surface area contributed by atoms with E-state index >= 15 is 0 Å². The Balaban J connectivity index is 1.70. The zero-order chi connectivity index (χ0) is 20.8. The summed E-state index contributed by atoms with van der Waals surface area (Å²) >= 11 is 0. The number of imidazole rings is 1. The topological polar surface area (TPSA) is 95.1 Å². The smallest absolute Gasteiger partial charge is 0.417 e. The average Bonchev–Trinajstić information content (AvgIpc) is 3.19. The number of rotatable bonds is 4. The van der Waals surface area contributed by atoms with Crippen LogP contribution >= 0.6 is 0 Å². The maximum Gasteiger partial charge on any atom is 0.417 e. The number of nitrogens with one attached hydrogen (secondary N) is 1. The van der Waals surface area contributed by atoms with Crippen LogP contribution in [0, 0.1) is 10.1 Å². The van der Waals surface area contributed by atoms with Gasteiger partial charge in [0.15, 0.2) is 0 Å². The number of ether oxygens (including phenoxy) is 1. The minimum absolute atomic E-state index is 0.0226. The Labute approximate surface area is 162 Å². The summed E-state index contributed by atoms with van der Waals surface area (Å²) in [5, 5.41) is 14.1. The maximum atomic E-state index is 12.7. The van der Waals surface area contributed by atoms with Crippen molar-refractivity contribution in [1.29, 1.82) is 0 Å². The lowest BCUT2D eigenvalue weighted by molar-refractivity contribution is -0.384. The number of non-ortho nitro benzene ring substituents is 1. The van der Waals surface area contributed by atoms with Crippen LogP contribution in [0.5, 0.6) is 6.01 Å². The number of alkyl halides is 3. The molecule has 0 saturated heterocycles. The van der Waals surface area contributed by atoms with Crippen molar-refractivity contribution >= 4 is 17.2 Å². The highest BCUT2D eigenvalue weighted by molar-refractivity contribution is 5.80. The van der Waals surface area contributed by atoms with Crippen molar-refractivity contribution in [2.24, 2.45) is 0 Å². The second-order valence-corrected chi connectivity index (χ2v) is 6.53. The quantitative estimate of drug-likeness (QED) is 0.511. The molecule has 1 atom stereocenters. The first-order valence-electron chi connectivity index (χ1n) is 8.53. The minimum Gasteiger partial charge on any atom is -0.460 e. The summed E-state index contributed by atoms with van der Waals surface area (Å²) in [6.45, 7) is 2.49. The number of pyridine rings is 1. The molecule has 0 aliphatic carbocycles. The van der Waals surface area contributed by atoms with Crippen LogP contribution in [0.25, 0.3) is 11.3 Å². The van der Waals surface area contributed by atoms with Crippen LogP contribution < -0.4 is 10.1 Å². The van der Waals surface area contributed by atoms with Gasteiger partial charge in [-0.15, -0.1) is 0 Å². The lowest BCUT2D eigenvalue weighted by atomic mass is 10.1. The van der Waals surface area contributed by atoms with Gasteiger partial charge in [-0.05, 0) is 25.1 Å². The summed E-state index contributed by atoms with van der Waals surface area (Å²) in [4.78, 5) is 18.8. The van der Waals surface area contributed by atoms with Crippen molar-refractivity contribution in [3.63, 3.8) is 0 Å². The minimum atomic E-state index is -4.49. The molecular weight excluding hydrogens is 391 g/mol. The highest BCUT2D eigenvalue weighted by Gasteiger charge is 2.30. The summed E-state index contributed by atoms with van der Waals surface area (Å²) in [6.07, 6.45) is -2.08. The van der Waals surface area contributed by atoms with Crippen LogP contribution in [-0.2, 0) is 12.7 Å². The first kappa shape index (κ1) is 18.7. The highest BCUT2D eigenvalue weighted by atomic mass is 19.4. The molecule has 29 heavy (non-hydrogen) atoms. The Morgan fingerprint density at radius 2 is 2.10 bits per heavy atom. The van der Waals surface area contributed by atoms with Crippen molar-refractivity contribution in [3.8, 4) is 17.3 Å². The summed E-state index contributed by atoms with van der Waals surface area (Å²) in [7, 11) is 0. The first-order valence-corrected chi connectivity index (χ1v) is 8.53. The van der Waals surface area contributed by atoms with E-state index in [1.54, 1.807) is 10.8 Å². The van der Waals surface area contributed by atoms with E-state index in [-0.39, 0.29) is 17.6 Å². The normalized spacial score (nSPS) is 15.7. The summed E-state index contributed by atoms with van der Waals surface area (Å²) in [6, 6.07) is 6.58. The molecule has 0 unspecified atom stereocenters. The van der Waals surface area contributed by atoms with Gasteiger partial charge in [-0.2, -0.15) is 18.2 Å². The molecule has 1 aromatic carbocycles. The van der Waals surface area contributed by atoms with E-state index in [0.29, 0.717) is 35.7 Å². The number of aromatic nitrogens is 3. The number of nitro benzene ring substituents is 1. The molecule has 4 rings (SSSR count). The number of fused-ring (bicyclic) bond motifs is 1. The fourth-order valence-electron chi connectivity index (χ4n) is 2.99. The SMILES string of the molecule is C[C@@H]1Cn2cc(-c3cc([N+](=O)[O-])ccc3Nc3ccc(C(F)(F)F)cn3)nc2O1. The fraction of sp³-hybridized carbons (Fsp3) is 0.222. The molecular formula is C18H14F3N5O3. The van der Waals surface area contributed by atoms with Gasteiger partial charge in [0.1, 0.15) is 11.9 Å². The van der Waals surface area contributed by atoms with Gasteiger partial charge in [0, 0.05) is 35.8 Å². The predicted octanol–water partition coefficient (Wildman–Crippen LogP) is 4.40. The molecule has 1 N–H and O–H groups in total. The van der Waals surface area contributed by atoms with Gasteiger partial charge < -0.3 is 10.1 Å². The summed E-state index contributed by atoms with van der Waals surface area (Å²) < 4.78 is 45.5. The van der Waals surface area contributed by atoms with Gasteiger partial charge in [0.25, 0.3) is 11.7 Å². The zero-order valence-corrected chi connectivity index (χ0v) is 15.0. The second-order valence-electron chi connectivity index (χ2n) is 6.53. The third kappa shape index (κ3) is 3.71. The molecule has 0 radical (unpaired) electrons. The van der Waals surface area contributed by atoms with E-state index in [1.165, 1.54) is 24.3 Å². The largest absolute Gasteiger partial charge is 0.460 e. The lowest BCUT2D eigenvalue weighted by Gasteiger charge is -2.12. The third-order valence-electron chi connectivity index (χ3n) is 4.34. The molecule has 3 aromatic rings. The molecule has 0 bridgehead atoms. The number of anilines is 2. The van der Waals surface area contributed by atoms with Crippen molar-refractivity contribution in [2.45, 2.75) is 25.7 Å². The summed E-state index contributed by atoms with van der Waals surface area (Å²) in [5.41, 5.74) is 0.230. The summed E-state index contributed by atoms with van der Waals surface area (Å²) in [5.74, 6) is 0.157. The molecule has 11 heteroatoms. The van der Waals surface area contributed by atoms with Crippen LogP contribution in [0.1, 0.15) is 12.5 Å². The van der Waals surface area contributed by atoms with Crippen molar-refractivity contribution in [1.82, 2.24) is 14.5 Å². The molecule has 3 heterocycles. The third-order valence-corrected chi connectivity index (χ3v) is 4.34. The number of hydrogen-bond acceptors (Lipinski definition) is 6. The molecule has 0 saturated carbocycles. The number of nitrogens with zero attached hydrogens (tertiary/aromatic N) is 4. The van der Waals surface area contributed by atoms with E-state index < -0.39 is 16.7 Å². The van der Waals surface area contributed by atoms with Gasteiger partial charge in [-0.3, -0.25) is 14.7 Å². The van der Waals surface area contributed by atoms with Crippen molar-refractivity contribution < 1.29 is 22.8 Å². The van der Waals surface area contributed by atoms with Gasteiger partial charge in [-0.1, -0.05) is 0 Å².